The molecule has 1 N–H and O–H groups in total. The van der Waals surface area contributed by atoms with Crippen LogP contribution in [0.25, 0.3) is 10.6 Å². The van der Waals surface area contributed by atoms with Gasteiger partial charge < -0.3 is 5.32 Å². The molecule has 2 aromatic heterocycles. The van der Waals surface area contributed by atoms with Crippen LogP contribution in [0.1, 0.15) is 18.4 Å². The van der Waals surface area contributed by atoms with Crippen LogP contribution in [0.3, 0.4) is 0 Å². The van der Waals surface area contributed by atoms with Crippen LogP contribution in [0.4, 0.5) is 0 Å². The lowest BCUT2D eigenvalue weighted by atomic mass is 10.3. The lowest BCUT2D eigenvalue weighted by Crippen LogP contribution is -2.14. The highest BCUT2D eigenvalue weighted by molar-refractivity contribution is 9.12. The summed E-state index contributed by atoms with van der Waals surface area (Å²) >= 11 is 10.4. The molecule has 0 bridgehead atoms. The summed E-state index contributed by atoms with van der Waals surface area (Å²) in [5, 5.41) is 13.9. The Bertz CT molecular complexity index is 510. The Hall–Kier alpha value is 0.180. The third-order valence-electron chi connectivity index (χ3n) is 2.35. The summed E-state index contributed by atoms with van der Waals surface area (Å²) in [6.07, 6.45) is 2.10. The molecule has 0 aromatic carbocycles. The number of rotatable bonds is 6. The maximum atomic E-state index is 4.26. The molecule has 0 saturated heterocycles. The molecule has 0 saturated carbocycles. The van der Waals surface area contributed by atoms with Crippen molar-refractivity contribution in [3.63, 3.8) is 0 Å². The third-order valence-corrected chi connectivity index (χ3v) is 5.70. The minimum Gasteiger partial charge on any atom is -0.317 e. The highest BCUT2D eigenvalue weighted by Gasteiger charge is 2.12. The Morgan fingerprint density at radius 3 is 2.78 bits per heavy atom. The molecule has 0 spiro atoms. The molecule has 18 heavy (non-hydrogen) atoms. The van der Waals surface area contributed by atoms with Gasteiger partial charge in [-0.1, -0.05) is 18.3 Å². The van der Waals surface area contributed by atoms with E-state index in [-0.39, 0.29) is 0 Å². The molecule has 2 aromatic rings. The first-order valence-corrected chi connectivity index (χ1v) is 8.91. The SMILES string of the molecule is CCNCCCc1nnc(-c2cc(Br)sc2Br)s1. The quantitative estimate of drug-likeness (QED) is 0.720. The zero-order valence-corrected chi connectivity index (χ0v) is 14.7. The van der Waals surface area contributed by atoms with Crippen LogP contribution >= 0.6 is 54.5 Å². The van der Waals surface area contributed by atoms with Crippen LogP contribution < -0.4 is 5.32 Å². The van der Waals surface area contributed by atoms with Gasteiger partial charge in [0.1, 0.15) is 10.0 Å². The second kappa shape index (κ2) is 7.09. The van der Waals surface area contributed by atoms with Crippen LogP contribution in [-0.4, -0.2) is 23.3 Å². The fourth-order valence-corrected chi connectivity index (χ4v) is 5.40. The molecule has 0 atom stereocenters. The maximum Gasteiger partial charge on any atom is 0.149 e. The first kappa shape index (κ1) is 14.6. The van der Waals surface area contributed by atoms with Gasteiger partial charge in [-0.3, -0.25) is 0 Å². The number of halogens is 2. The molecule has 98 valence electrons. The predicted molar refractivity (Wildman–Crippen MR) is 85.5 cm³/mol. The average Bonchev–Trinajstić information content (AvgIpc) is 2.91. The number of aromatic nitrogens is 2. The highest BCUT2D eigenvalue weighted by atomic mass is 79.9. The third kappa shape index (κ3) is 3.84. The number of hydrogen-bond acceptors (Lipinski definition) is 5. The van der Waals surface area contributed by atoms with Crippen molar-refractivity contribution in [1.29, 1.82) is 0 Å². The monoisotopic (exact) mass is 409 g/mol. The zero-order chi connectivity index (χ0) is 13.0. The van der Waals surface area contributed by atoms with E-state index < -0.39 is 0 Å². The van der Waals surface area contributed by atoms with Crippen molar-refractivity contribution in [2.75, 3.05) is 13.1 Å². The van der Waals surface area contributed by atoms with Crippen molar-refractivity contribution >= 4 is 54.5 Å². The number of nitrogens with zero attached hydrogens (tertiary/aromatic N) is 2. The van der Waals surface area contributed by atoms with Crippen molar-refractivity contribution in [3.8, 4) is 10.6 Å². The summed E-state index contributed by atoms with van der Waals surface area (Å²) in [6.45, 7) is 4.19. The van der Waals surface area contributed by atoms with Crippen LogP contribution in [-0.2, 0) is 6.42 Å². The summed E-state index contributed by atoms with van der Waals surface area (Å²) in [5.74, 6) is 0. The van der Waals surface area contributed by atoms with Crippen molar-refractivity contribution in [2.24, 2.45) is 0 Å². The van der Waals surface area contributed by atoms with Gasteiger partial charge in [-0.05, 0) is 57.4 Å². The van der Waals surface area contributed by atoms with Gasteiger partial charge in [0.2, 0.25) is 0 Å². The summed E-state index contributed by atoms with van der Waals surface area (Å²) in [5.41, 5.74) is 1.13. The number of nitrogens with one attached hydrogen (secondary N) is 1. The fourth-order valence-electron chi connectivity index (χ4n) is 1.49. The second-order valence-corrected chi connectivity index (χ2v) is 8.51. The summed E-state index contributed by atoms with van der Waals surface area (Å²) < 4.78 is 2.21. The zero-order valence-electron chi connectivity index (χ0n) is 9.87. The van der Waals surface area contributed by atoms with Crippen molar-refractivity contribution in [1.82, 2.24) is 15.5 Å². The predicted octanol–water partition coefficient (Wildman–Crippen LogP) is 4.33. The van der Waals surface area contributed by atoms with E-state index in [1.807, 2.05) is 0 Å². The van der Waals surface area contributed by atoms with E-state index >= 15 is 0 Å². The van der Waals surface area contributed by atoms with Gasteiger partial charge in [-0.25, -0.2) is 0 Å². The molecule has 0 fully saturated rings. The molecular formula is C11H13Br2N3S2. The van der Waals surface area contributed by atoms with E-state index in [9.17, 15) is 0 Å². The first-order valence-electron chi connectivity index (χ1n) is 5.69. The Morgan fingerprint density at radius 1 is 1.28 bits per heavy atom. The smallest absolute Gasteiger partial charge is 0.149 e. The summed E-state index contributed by atoms with van der Waals surface area (Å²) in [7, 11) is 0. The molecule has 0 aliphatic rings. The van der Waals surface area contributed by atoms with E-state index in [0.717, 1.165) is 49.1 Å². The maximum absolute atomic E-state index is 4.26. The molecule has 0 amide bonds. The average molecular weight is 411 g/mol. The Kier molecular flexibility index (Phi) is 5.75. The minimum atomic E-state index is 0.988. The lowest BCUT2D eigenvalue weighted by molar-refractivity contribution is 0.669. The van der Waals surface area contributed by atoms with Crippen LogP contribution in [0.2, 0.25) is 0 Å². The van der Waals surface area contributed by atoms with Crippen molar-refractivity contribution < 1.29 is 0 Å². The molecule has 3 nitrogen and oxygen atoms in total. The Labute approximate surface area is 131 Å². The Morgan fingerprint density at radius 2 is 2.11 bits per heavy atom. The molecule has 0 aliphatic heterocycles. The first-order chi connectivity index (χ1) is 8.70. The van der Waals surface area contributed by atoms with Gasteiger partial charge in [0, 0.05) is 12.0 Å². The minimum absolute atomic E-state index is 0.988. The molecule has 2 heterocycles. The lowest BCUT2D eigenvalue weighted by Gasteiger charge is -1.97. The van der Waals surface area contributed by atoms with Gasteiger partial charge in [0.25, 0.3) is 0 Å². The largest absolute Gasteiger partial charge is 0.317 e. The van der Waals surface area contributed by atoms with Crippen LogP contribution in [0.5, 0.6) is 0 Å². The number of hydrogen-bond donors (Lipinski definition) is 1. The summed E-state index contributed by atoms with van der Waals surface area (Å²) in [6, 6.07) is 2.08. The van der Waals surface area contributed by atoms with E-state index in [0.29, 0.717) is 0 Å². The molecule has 2 rings (SSSR count). The van der Waals surface area contributed by atoms with Gasteiger partial charge in [0.15, 0.2) is 0 Å². The van der Waals surface area contributed by atoms with Gasteiger partial charge >= 0.3 is 0 Å². The van der Waals surface area contributed by atoms with E-state index in [1.54, 1.807) is 22.7 Å². The number of thiophene rings is 1. The molecule has 0 unspecified atom stereocenters. The standard InChI is InChI=1S/C11H13Br2N3S2/c1-2-14-5-3-4-9-15-16-11(18-9)7-6-8(12)17-10(7)13/h6,14H,2-5H2,1H3. The molecule has 0 aliphatic carbocycles. The van der Waals surface area contributed by atoms with Crippen LogP contribution in [0, 0.1) is 0 Å². The van der Waals surface area contributed by atoms with Gasteiger partial charge in [0.05, 0.1) is 7.57 Å². The summed E-state index contributed by atoms with van der Waals surface area (Å²) in [4.78, 5) is 0. The molecular weight excluding hydrogens is 398 g/mol. The van der Waals surface area contributed by atoms with Crippen molar-refractivity contribution in [3.05, 3.63) is 18.6 Å². The topological polar surface area (TPSA) is 37.8 Å². The second-order valence-electron chi connectivity index (χ2n) is 3.70. The Balaban J connectivity index is 1.99. The fraction of sp³-hybridized carbons (Fsp3) is 0.455. The van der Waals surface area contributed by atoms with E-state index in [2.05, 4.69) is 60.4 Å². The van der Waals surface area contributed by atoms with Crippen molar-refractivity contribution in [2.45, 2.75) is 19.8 Å². The van der Waals surface area contributed by atoms with Gasteiger partial charge in [-0.15, -0.1) is 21.5 Å². The molecule has 7 heteroatoms. The van der Waals surface area contributed by atoms with E-state index in [4.69, 9.17) is 0 Å². The molecule has 0 radical (unpaired) electrons. The van der Waals surface area contributed by atoms with Gasteiger partial charge in [-0.2, -0.15) is 0 Å². The number of aryl methyl sites for hydroxylation is 1. The van der Waals surface area contributed by atoms with E-state index in [1.165, 1.54) is 0 Å². The normalized spacial score (nSPS) is 11.1. The van der Waals surface area contributed by atoms with Crippen LogP contribution in [0.15, 0.2) is 13.6 Å². The highest BCUT2D eigenvalue weighted by Crippen LogP contribution is 2.39.